The number of ether oxygens (including phenoxy) is 2. The van der Waals surface area contributed by atoms with E-state index < -0.39 is 36.4 Å². The third-order valence-electron chi connectivity index (χ3n) is 8.36. The molecule has 0 aromatic heterocycles. The number of nitrogens with zero attached hydrogens (tertiary/aromatic N) is 1. The van der Waals surface area contributed by atoms with Crippen LogP contribution in [0.15, 0.2) is 66.7 Å². The number of likely N-dealkylation sites (tertiary alicyclic amines) is 1. The van der Waals surface area contributed by atoms with Crippen LogP contribution in [0.25, 0.3) is 0 Å². The van der Waals surface area contributed by atoms with Crippen LogP contribution in [0.3, 0.4) is 0 Å². The van der Waals surface area contributed by atoms with E-state index in [1.54, 1.807) is 24.3 Å². The van der Waals surface area contributed by atoms with E-state index in [-0.39, 0.29) is 30.1 Å². The monoisotopic (exact) mass is 514 g/mol. The summed E-state index contributed by atoms with van der Waals surface area (Å²) in [6, 6.07) is 15.1. The number of anilines is 1. The fraction of sp³-hybridized carbons (Fsp3) is 0.400. The summed E-state index contributed by atoms with van der Waals surface area (Å²) in [7, 11) is 0. The number of esters is 1. The summed E-state index contributed by atoms with van der Waals surface area (Å²) in [4.78, 5) is 54.6. The van der Waals surface area contributed by atoms with Crippen molar-refractivity contribution in [1.82, 2.24) is 4.90 Å². The van der Waals surface area contributed by atoms with E-state index in [1.807, 2.05) is 37.3 Å². The van der Waals surface area contributed by atoms with Gasteiger partial charge in [-0.3, -0.25) is 19.3 Å². The summed E-state index contributed by atoms with van der Waals surface area (Å²) in [6.45, 7) is 1.72. The zero-order valence-electron chi connectivity index (χ0n) is 21.1. The van der Waals surface area contributed by atoms with Crippen LogP contribution >= 0.6 is 0 Å². The van der Waals surface area contributed by atoms with Gasteiger partial charge in [0.05, 0.1) is 24.1 Å². The molecular formula is C30H30N2O6. The van der Waals surface area contributed by atoms with Gasteiger partial charge in [-0.1, -0.05) is 54.6 Å². The summed E-state index contributed by atoms with van der Waals surface area (Å²) in [5, 5.41) is 2.70. The van der Waals surface area contributed by atoms with Crippen LogP contribution in [-0.4, -0.2) is 47.8 Å². The van der Waals surface area contributed by atoms with Gasteiger partial charge in [0.25, 0.3) is 5.91 Å². The number of para-hydroxylation sites is 2. The molecule has 5 aliphatic rings. The molecule has 0 spiro atoms. The van der Waals surface area contributed by atoms with Gasteiger partial charge in [0.15, 0.2) is 6.61 Å². The topological polar surface area (TPSA) is 102 Å². The Kier molecular flexibility index (Phi) is 6.26. The van der Waals surface area contributed by atoms with Crippen molar-refractivity contribution in [2.24, 2.45) is 35.5 Å². The first-order valence-electron chi connectivity index (χ1n) is 13.3. The normalized spacial score (nSPS) is 28.9. The lowest BCUT2D eigenvalue weighted by Gasteiger charge is -2.37. The zero-order chi connectivity index (χ0) is 26.4. The van der Waals surface area contributed by atoms with Crippen molar-refractivity contribution in [3.63, 3.8) is 0 Å². The van der Waals surface area contributed by atoms with E-state index in [0.29, 0.717) is 29.9 Å². The Morgan fingerprint density at radius 3 is 2.24 bits per heavy atom. The number of carbonyl (C=O) groups is 4. The lowest BCUT2D eigenvalue weighted by molar-refractivity contribution is -0.160. The highest BCUT2D eigenvalue weighted by Crippen LogP contribution is 2.65. The minimum atomic E-state index is -1.14. The van der Waals surface area contributed by atoms with Gasteiger partial charge in [-0.15, -0.1) is 0 Å². The van der Waals surface area contributed by atoms with Crippen LogP contribution in [0.1, 0.15) is 18.9 Å². The van der Waals surface area contributed by atoms with Crippen LogP contribution in [-0.2, 0) is 30.3 Å². The smallest absolute Gasteiger partial charge is 0.330 e. The number of amides is 3. The maximum absolute atomic E-state index is 13.7. The third kappa shape index (κ3) is 4.18. The minimum Gasteiger partial charge on any atom is -0.492 e. The quantitative estimate of drug-likeness (QED) is 0.313. The summed E-state index contributed by atoms with van der Waals surface area (Å²) < 4.78 is 10.9. The van der Waals surface area contributed by atoms with E-state index >= 15 is 0 Å². The first-order chi connectivity index (χ1) is 18.5. The fourth-order valence-corrected chi connectivity index (χ4v) is 6.68. The molecule has 1 N–H and O–H groups in total. The Balaban J connectivity index is 1.19. The van der Waals surface area contributed by atoms with Crippen LogP contribution in [0.2, 0.25) is 0 Å². The largest absolute Gasteiger partial charge is 0.492 e. The average molecular weight is 515 g/mol. The molecular weight excluding hydrogens is 484 g/mol. The minimum absolute atomic E-state index is 0.0565. The van der Waals surface area contributed by atoms with Gasteiger partial charge >= 0.3 is 5.97 Å². The maximum Gasteiger partial charge on any atom is 0.330 e. The summed E-state index contributed by atoms with van der Waals surface area (Å²) in [5.41, 5.74) is 1.26. The van der Waals surface area contributed by atoms with Crippen molar-refractivity contribution in [1.29, 1.82) is 0 Å². The van der Waals surface area contributed by atoms with Gasteiger partial charge in [-0.2, -0.15) is 0 Å². The Morgan fingerprint density at radius 1 is 0.947 bits per heavy atom. The highest BCUT2D eigenvalue weighted by Gasteiger charge is 2.68. The standard InChI is InChI=1S/C30H30N2O6/c1-2-37-24-11-7-6-10-22(24)31-25(33)16-38-30(36)23(14-17-8-4-3-5-9-17)32-28(34)26-18-12-13-19(21-15-20(18)21)27(26)29(32)35/h3-13,18-21,23,26-27H,2,14-16H2,1H3,(H,31,33)/t18-,19-,20-,21-,23-,26+,27+/m0/s1. The first kappa shape index (κ1) is 24.4. The Labute approximate surface area is 221 Å². The number of hydrogen-bond donors (Lipinski definition) is 1. The fourth-order valence-electron chi connectivity index (χ4n) is 6.68. The molecule has 2 bridgehead atoms. The second-order valence-corrected chi connectivity index (χ2v) is 10.5. The Bertz CT molecular complexity index is 1270. The lowest BCUT2D eigenvalue weighted by Crippen LogP contribution is -2.48. The number of nitrogens with one attached hydrogen (secondary N) is 1. The molecule has 2 aromatic carbocycles. The van der Waals surface area contributed by atoms with E-state index in [1.165, 1.54) is 0 Å². The van der Waals surface area contributed by atoms with Crippen molar-refractivity contribution < 1.29 is 28.7 Å². The highest BCUT2D eigenvalue weighted by molar-refractivity contribution is 6.09. The predicted octanol–water partition coefficient (Wildman–Crippen LogP) is 3.23. The summed E-state index contributed by atoms with van der Waals surface area (Å²) in [5.74, 6) is -1.18. The summed E-state index contributed by atoms with van der Waals surface area (Å²) >= 11 is 0. The number of imide groups is 1. The number of rotatable bonds is 9. The molecule has 8 heteroatoms. The Hall–Kier alpha value is -3.94. The molecule has 1 heterocycles. The van der Waals surface area contributed by atoms with E-state index in [2.05, 4.69) is 17.5 Å². The average Bonchev–Trinajstić information content (AvgIpc) is 3.71. The van der Waals surface area contributed by atoms with Crippen LogP contribution in [0.4, 0.5) is 5.69 Å². The molecule has 0 unspecified atom stereocenters. The predicted molar refractivity (Wildman–Crippen MR) is 138 cm³/mol. The Morgan fingerprint density at radius 2 is 1.58 bits per heavy atom. The number of hydrogen-bond acceptors (Lipinski definition) is 6. The van der Waals surface area contributed by atoms with Crippen molar-refractivity contribution in [2.75, 3.05) is 18.5 Å². The van der Waals surface area contributed by atoms with E-state index in [9.17, 15) is 19.2 Å². The van der Waals surface area contributed by atoms with Crippen molar-refractivity contribution in [3.05, 3.63) is 72.3 Å². The molecule has 196 valence electrons. The molecule has 3 fully saturated rings. The van der Waals surface area contributed by atoms with Gasteiger partial charge in [0.1, 0.15) is 11.8 Å². The molecule has 4 aliphatic carbocycles. The molecule has 2 saturated carbocycles. The van der Waals surface area contributed by atoms with Gasteiger partial charge in [0, 0.05) is 6.42 Å². The van der Waals surface area contributed by atoms with Crippen molar-refractivity contribution >= 4 is 29.4 Å². The van der Waals surface area contributed by atoms with E-state index in [0.717, 1.165) is 16.9 Å². The number of benzene rings is 2. The molecule has 3 amide bonds. The van der Waals surface area contributed by atoms with Crippen LogP contribution in [0, 0.1) is 35.5 Å². The molecule has 1 saturated heterocycles. The second-order valence-electron chi connectivity index (χ2n) is 10.5. The molecule has 2 aromatic rings. The third-order valence-corrected chi connectivity index (χ3v) is 8.36. The van der Waals surface area contributed by atoms with Gasteiger partial charge in [-0.25, -0.2) is 4.79 Å². The van der Waals surface area contributed by atoms with Gasteiger partial charge < -0.3 is 14.8 Å². The highest BCUT2D eigenvalue weighted by atomic mass is 16.5. The molecule has 7 atom stereocenters. The molecule has 8 nitrogen and oxygen atoms in total. The molecule has 1 aliphatic heterocycles. The molecule has 0 radical (unpaired) electrons. The van der Waals surface area contributed by atoms with Crippen molar-refractivity contribution in [3.8, 4) is 5.75 Å². The SMILES string of the molecule is CCOc1ccccc1NC(=O)COC(=O)[C@H](Cc1ccccc1)N1C(=O)[C@@H]2[C@H]3C=C[C@@H]([C@@H]4C[C@@H]34)[C@H]2C1=O. The van der Waals surface area contributed by atoms with Crippen LogP contribution < -0.4 is 10.1 Å². The van der Waals surface area contributed by atoms with Crippen molar-refractivity contribution in [2.45, 2.75) is 25.8 Å². The van der Waals surface area contributed by atoms with Crippen LogP contribution in [0.5, 0.6) is 5.75 Å². The zero-order valence-corrected chi connectivity index (χ0v) is 21.1. The lowest BCUT2D eigenvalue weighted by atomic mass is 9.63. The summed E-state index contributed by atoms with van der Waals surface area (Å²) in [6.07, 6.45) is 5.39. The maximum atomic E-state index is 13.7. The number of allylic oxidation sites excluding steroid dienone is 2. The van der Waals surface area contributed by atoms with Gasteiger partial charge in [0.2, 0.25) is 11.8 Å². The second kappa shape index (κ2) is 9.74. The van der Waals surface area contributed by atoms with E-state index in [4.69, 9.17) is 9.47 Å². The first-order valence-corrected chi connectivity index (χ1v) is 13.3. The number of carbonyl (C=O) groups excluding carboxylic acids is 4. The van der Waals surface area contributed by atoms with Gasteiger partial charge in [-0.05, 0) is 54.7 Å². The molecule has 38 heavy (non-hydrogen) atoms. The molecule has 7 rings (SSSR count).